The number of fused-ring (bicyclic) bond motifs is 1. The maximum Gasteiger partial charge on any atom is 0.244 e. The van der Waals surface area contributed by atoms with Gasteiger partial charge in [-0.3, -0.25) is 4.79 Å². The molecule has 0 bridgehead atoms. The van der Waals surface area contributed by atoms with E-state index in [9.17, 15) is 22.9 Å². The number of hydrogen-bond acceptors (Lipinski definition) is 4. The lowest BCUT2D eigenvalue weighted by Gasteiger charge is -2.36. The maximum absolute atomic E-state index is 13.2. The molecule has 6 nitrogen and oxygen atoms in total. The number of rotatable bonds is 4. The number of carbonyl (C=O) groups is 1. The molecule has 0 saturated heterocycles. The van der Waals surface area contributed by atoms with Crippen LogP contribution in [0.4, 0.5) is 4.39 Å². The normalized spacial score (nSPS) is 17.4. The second-order valence-corrected chi connectivity index (χ2v) is 9.11. The standard InChI is InChI=1S/C20H20FN3O3S/c1-20(2,13-22)23-19(25)18-11-14-5-3-4-6-15(14)12-24(18)28(26,27)17-9-7-16(21)8-10-17/h3-10,18H,11-12H2,1-2H3,(H,23,25)/t18-/m1/s1. The summed E-state index contributed by atoms with van der Waals surface area (Å²) in [4.78, 5) is 12.8. The lowest BCUT2D eigenvalue weighted by molar-refractivity contribution is -0.126. The van der Waals surface area contributed by atoms with E-state index in [1.54, 1.807) is 19.9 Å². The second kappa shape index (κ2) is 7.34. The maximum atomic E-state index is 13.2. The van der Waals surface area contributed by atoms with Crippen LogP contribution in [0.2, 0.25) is 0 Å². The highest BCUT2D eigenvalue weighted by molar-refractivity contribution is 7.89. The first-order valence-corrected chi connectivity index (χ1v) is 10.2. The highest BCUT2D eigenvalue weighted by atomic mass is 32.2. The molecule has 2 aromatic carbocycles. The molecule has 1 aliphatic rings. The average molecular weight is 401 g/mol. The topological polar surface area (TPSA) is 90.3 Å². The fourth-order valence-corrected chi connectivity index (χ4v) is 4.70. The molecule has 0 aromatic heterocycles. The predicted molar refractivity (Wildman–Crippen MR) is 101 cm³/mol. The quantitative estimate of drug-likeness (QED) is 0.852. The van der Waals surface area contributed by atoms with E-state index in [0.29, 0.717) is 0 Å². The molecule has 0 radical (unpaired) electrons. The second-order valence-electron chi connectivity index (χ2n) is 7.22. The van der Waals surface area contributed by atoms with Crippen molar-refractivity contribution in [2.45, 2.75) is 43.3 Å². The summed E-state index contributed by atoms with van der Waals surface area (Å²) >= 11 is 0. The summed E-state index contributed by atoms with van der Waals surface area (Å²) in [5, 5.41) is 11.8. The highest BCUT2D eigenvalue weighted by Crippen LogP contribution is 2.29. The van der Waals surface area contributed by atoms with Gasteiger partial charge in [0.2, 0.25) is 15.9 Å². The largest absolute Gasteiger partial charge is 0.337 e. The Morgan fingerprint density at radius 3 is 2.39 bits per heavy atom. The summed E-state index contributed by atoms with van der Waals surface area (Å²) in [5.41, 5.74) is 0.541. The minimum atomic E-state index is -4.06. The molecule has 1 atom stereocenters. The number of halogens is 1. The van der Waals surface area contributed by atoms with E-state index in [2.05, 4.69) is 5.32 Å². The fourth-order valence-electron chi connectivity index (χ4n) is 3.14. The van der Waals surface area contributed by atoms with Gasteiger partial charge in [-0.05, 0) is 55.7 Å². The summed E-state index contributed by atoms with van der Waals surface area (Å²) in [5.74, 6) is -1.10. The van der Waals surface area contributed by atoms with Gasteiger partial charge in [0.15, 0.2) is 0 Å². The Kier molecular flexibility index (Phi) is 5.24. The Balaban J connectivity index is 2.03. The van der Waals surface area contributed by atoms with Crippen LogP contribution in [0.3, 0.4) is 0 Å². The van der Waals surface area contributed by atoms with Crippen molar-refractivity contribution < 1.29 is 17.6 Å². The van der Waals surface area contributed by atoms with Crippen LogP contribution in [0.5, 0.6) is 0 Å². The fraction of sp³-hybridized carbons (Fsp3) is 0.300. The van der Waals surface area contributed by atoms with Crippen LogP contribution < -0.4 is 5.32 Å². The Bertz CT molecular complexity index is 1040. The number of hydrogen-bond donors (Lipinski definition) is 1. The zero-order valence-electron chi connectivity index (χ0n) is 15.5. The molecule has 28 heavy (non-hydrogen) atoms. The number of nitriles is 1. The SMILES string of the molecule is CC(C)(C#N)NC(=O)[C@H]1Cc2ccccc2CN1S(=O)(=O)c1ccc(F)cc1. The van der Waals surface area contributed by atoms with Crippen LogP contribution in [0, 0.1) is 17.1 Å². The van der Waals surface area contributed by atoms with E-state index in [0.717, 1.165) is 27.6 Å². The molecule has 0 fully saturated rings. The van der Waals surface area contributed by atoms with E-state index in [4.69, 9.17) is 0 Å². The van der Waals surface area contributed by atoms with Crippen molar-refractivity contribution in [2.75, 3.05) is 0 Å². The van der Waals surface area contributed by atoms with Gasteiger partial charge in [0.05, 0.1) is 11.0 Å². The lowest BCUT2D eigenvalue weighted by atomic mass is 9.94. The van der Waals surface area contributed by atoms with Gasteiger partial charge in [0.1, 0.15) is 17.4 Å². The molecule has 2 aromatic rings. The third kappa shape index (κ3) is 3.91. The predicted octanol–water partition coefficient (Wildman–Crippen LogP) is 2.36. The Hall–Kier alpha value is -2.76. The molecular weight excluding hydrogens is 381 g/mol. The van der Waals surface area contributed by atoms with Gasteiger partial charge in [-0.2, -0.15) is 9.57 Å². The number of amides is 1. The molecule has 0 saturated carbocycles. The van der Waals surface area contributed by atoms with Crippen molar-refractivity contribution in [3.8, 4) is 6.07 Å². The van der Waals surface area contributed by atoms with E-state index < -0.39 is 33.3 Å². The van der Waals surface area contributed by atoms with Crippen molar-refractivity contribution in [1.29, 1.82) is 5.26 Å². The smallest absolute Gasteiger partial charge is 0.244 e. The number of carbonyl (C=O) groups excluding carboxylic acids is 1. The number of benzene rings is 2. The average Bonchev–Trinajstić information content (AvgIpc) is 2.67. The van der Waals surface area contributed by atoms with Crippen LogP contribution >= 0.6 is 0 Å². The van der Waals surface area contributed by atoms with Crippen LogP contribution in [0.1, 0.15) is 25.0 Å². The lowest BCUT2D eigenvalue weighted by Crippen LogP contribution is -2.56. The van der Waals surface area contributed by atoms with Gasteiger partial charge >= 0.3 is 0 Å². The molecule has 1 N–H and O–H groups in total. The third-order valence-corrected chi connectivity index (χ3v) is 6.51. The monoisotopic (exact) mass is 401 g/mol. The Morgan fingerprint density at radius 1 is 1.18 bits per heavy atom. The molecule has 1 aliphatic heterocycles. The van der Waals surface area contributed by atoms with Crippen molar-refractivity contribution in [2.24, 2.45) is 0 Å². The summed E-state index contributed by atoms with van der Waals surface area (Å²) in [6.45, 7) is 3.10. The van der Waals surface area contributed by atoms with Crippen LogP contribution in [0.25, 0.3) is 0 Å². The van der Waals surface area contributed by atoms with Crippen molar-refractivity contribution >= 4 is 15.9 Å². The van der Waals surface area contributed by atoms with Gasteiger partial charge in [-0.15, -0.1) is 0 Å². The first-order chi connectivity index (χ1) is 13.1. The molecule has 0 aliphatic carbocycles. The van der Waals surface area contributed by atoms with Crippen molar-refractivity contribution in [3.63, 3.8) is 0 Å². The zero-order chi connectivity index (χ0) is 20.5. The van der Waals surface area contributed by atoms with Gasteiger partial charge in [-0.25, -0.2) is 12.8 Å². The third-order valence-electron chi connectivity index (χ3n) is 4.64. The van der Waals surface area contributed by atoms with Crippen LogP contribution in [0.15, 0.2) is 53.4 Å². The summed E-state index contributed by atoms with van der Waals surface area (Å²) < 4.78 is 40.8. The van der Waals surface area contributed by atoms with Crippen molar-refractivity contribution in [1.82, 2.24) is 9.62 Å². The molecule has 8 heteroatoms. The summed E-state index contributed by atoms with van der Waals surface area (Å²) in [6, 6.07) is 12.8. The van der Waals surface area contributed by atoms with Crippen LogP contribution in [-0.2, 0) is 27.8 Å². The summed E-state index contributed by atoms with van der Waals surface area (Å²) in [7, 11) is -4.06. The summed E-state index contributed by atoms with van der Waals surface area (Å²) in [6.07, 6.45) is 0.184. The number of nitrogens with one attached hydrogen (secondary N) is 1. The number of sulfonamides is 1. The zero-order valence-corrected chi connectivity index (χ0v) is 16.3. The molecule has 1 heterocycles. The van der Waals surface area contributed by atoms with E-state index in [1.807, 2.05) is 24.3 Å². The van der Waals surface area contributed by atoms with E-state index in [-0.39, 0.29) is 17.9 Å². The van der Waals surface area contributed by atoms with Gasteiger partial charge < -0.3 is 5.32 Å². The van der Waals surface area contributed by atoms with Gasteiger partial charge in [0, 0.05) is 6.54 Å². The Labute approximate surface area is 163 Å². The number of nitrogens with zero attached hydrogens (tertiary/aromatic N) is 2. The first-order valence-electron chi connectivity index (χ1n) is 8.71. The highest BCUT2D eigenvalue weighted by Gasteiger charge is 2.40. The van der Waals surface area contributed by atoms with Gasteiger partial charge in [-0.1, -0.05) is 24.3 Å². The Morgan fingerprint density at radius 2 is 1.79 bits per heavy atom. The minimum Gasteiger partial charge on any atom is -0.337 e. The van der Waals surface area contributed by atoms with E-state index in [1.165, 1.54) is 12.1 Å². The molecular formula is C20H20FN3O3S. The molecule has 0 spiro atoms. The van der Waals surface area contributed by atoms with E-state index >= 15 is 0 Å². The van der Waals surface area contributed by atoms with Crippen molar-refractivity contribution in [3.05, 3.63) is 65.5 Å². The molecule has 0 unspecified atom stereocenters. The first kappa shape index (κ1) is 20.0. The van der Waals surface area contributed by atoms with Gasteiger partial charge in [0.25, 0.3) is 0 Å². The molecule has 3 rings (SSSR count). The molecule has 146 valence electrons. The molecule has 1 amide bonds. The minimum absolute atomic E-state index is 0.0148. The van der Waals surface area contributed by atoms with Crippen LogP contribution in [-0.4, -0.2) is 30.2 Å².